The average molecular weight is 378 g/mol. The van der Waals surface area contributed by atoms with E-state index in [9.17, 15) is 0 Å². The summed E-state index contributed by atoms with van der Waals surface area (Å²) < 4.78 is 0.894. The van der Waals surface area contributed by atoms with Gasteiger partial charge >= 0.3 is 0 Å². The Kier molecular flexibility index (Phi) is 3.91. The summed E-state index contributed by atoms with van der Waals surface area (Å²) in [4.78, 5) is 1.40. The summed E-state index contributed by atoms with van der Waals surface area (Å²) in [7, 11) is 0. The minimum atomic E-state index is 0.694. The van der Waals surface area contributed by atoms with Crippen LogP contribution in [0.2, 0.25) is 4.34 Å². The molecule has 0 fully saturated rings. The van der Waals surface area contributed by atoms with Crippen molar-refractivity contribution in [3.8, 4) is 0 Å². The molecule has 0 bridgehead atoms. The Morgan fingerprint density at radius 3 is 2.58 bits per heavy atom. The lowest BCUT2D eigenvalue weighted by Crippen LogP contribution is -2.16. The number of rotatable bonds is 2. The molecule has 0 saturated carbocycles. The molecule has 0 radical (unpaired) electrons. The molecule has 2 N–H and O–H groups in total. The van der Waals surface area contributed by atoms with Crippen molar-refractivity contribution >= 4 is 50.2 Å². The second-order valence-electron chi connectivity index (χ2n) is 7.33. The molecule has 4 aromatic rings. The van der Waals surface area contributed by atoms with Gasteiger partial charge in [0.05, 0.1) is 4.34 Å². The topological polar surface area (TPSA) is 26.0 Å². The van der Waals surface area contributed by atoms with Gasteiger partial charge in [0.1, 0.15) is 0 Å². The van der Waals surface area contributed by atoms with Gasteiger partial charge in [-0.05, 0) is 77.1 Å². The van der Waals surface area contributed by atoms with Crippen molar-refractivity contribution < 1.29 is 0 Å². The van der Waals surface area contributed by atoms with Gasteiger partial charge in [-0.15, -0.1) is 11.3 Å². The molecule has 5 rings (SSSR count). The Hall–Kier alpha value is -2.03. The number of anilines is 1. The molecule has 1 aromatic heterocycles. The van der Waals surface area contributed by atoms with Crippen LogP contribution in [0.25, 0.3) is 21.5 Å². The molecule has 26 heavy (non-hydrogen) atoms. The molecular weight excluding hydrogens is 358 g/mol. The highest BCUT2D eigenvalue weighted by molar-refractivity contribution is 7.16. The summed E-state index contributed by atoms with van der Waals surface area (Å²) in [6.45, 7) is 0. The Balaban J connectivity index is 1.58. The van der Waals surface area contributed by atoms with E-state index in [-0.39, 0.29) is 0 Å². The van der Waals surface area contributed by atoms with Gasteiger partial charge in [-0.2, -0.15) is 0 Å². The Morgan fingerprint density at radius 1 is 0.923 bits per heavy atom. The van der Waals surface area contributed by atoms with Gasteiger partial charge in [0.2, 0.25) is 0 Å². The molecular formula is C23H20ClNS. The lowest BCUT2D eigenvalue weighted by molar-refractivity contribution is 0.461. The SMILES string of the molecule is Nc1cccc2c1ccc1c3c(ccc12)CCC(Cc1ccc(Cl)s1)C3. The zero-order valence-corrected chi connectivity index (χ0v) is 16.0. The van der Waals surface area contributed by atoms with Crippen molar-refractivity contribution in [3.63, 3.8) is 0 Å². The highest BCUT2D eigenvalue weighted by atomic mass is 35.5. The van der Waals surface area contributed by atoms with E-state index >= 15 is 0 Å². The fraction of sp³-hybridized carbons (Fsp3) is 0.217. The molecule has 130 valence electrons. The van der Waals surface area contributed by atoms with Gasteiger partial charge in [0, 0.05) is 16.0 Å². The van der Waals surface area contributed by atoms with Gasteiger partial charge in [0.15, 0.2) is 0 Å². The summed E-state index contributed by atoms with van der Waals surface area (Å²) in [5.74, 6) is 0.694. The van der Waals surface area contributed by atoms with Crippen molar-refractivity contribution in [2.75, 3.05) is 5.73 Å². The van der Waals surface area contributed by atoms with Crippen LogP contribution >= 0.6 is 22.9 Å². The molecule has 0 saturated heterocycles. The van der Waals surface area contributed by atoms with Crippen molar-refractivity contribution in [1.29, 1.82) is 0 Å². The third-order valence-electron chi connectivity index (χ3n) is 5.73. The molecule has 3 heteroatoms. The quantitative estimate of drug-likeness (QED) is 0.307. The van der Waals surface area contributed by atoms with Gasteiger partial charge < -0.3 is 5.73 Å². The van der Waals surface area contributed by atoms with E-state index in [0.29, 0.717) is 5.92 Å². The number of fused-ring (bicyclic) bond motifs is 5. The summed E-state index contributed by atoms with van der Waals surface area (Å²) in [5.41, 5.74) is 10.1. The van der Waals surface area contributed by atoms with Crippen LogP contribution in [0.1, 0.15) is 22.4 Å². The van der Waals surface area contributed by atoms with E-state index in [1.807, 2.05) is 12.1 Å². The number of nitrogens with two attached hydrogens (primary N) is 1. The number of halogens is 1. The third kappa shape index (κ3) is 2.69. The number of nitrogen functional groups attached to an aromatic ring is 1. The smallest absolute Gasteiger partial charge is 0.0931 e. The minimum Gasteiger partial charge on any atom is -0.398 e. The fourth-order valence-corrected chi connectivity index (χ4v) is 5.65. The third-order valence-corrected chi connectivity index (χ3v) is 6.99. The molecule has 0 amide bonds. The normalized spacial score (nSPS) is 16.9. The molecule has 1 aliphatic rings. The summed E-state index contributed by atoms with van der Waals surface area (Å²) >= 11 is 7.84. The zero-order chi connectivity index (χ0) is 17.7. The number of aryl methyl sites for hydroxylation is 1. The van der Waals surface area contributed by atoms with E-state index in [1.165, 1.54) is 45.0 Å². The van der Waals surface area contributed by atoms with Gasteiger partial charge in [-0.25, -0.2) is 0 Å². The number of hydrogen-bond acceptors (Lipinski definition) is 2. The maximum atomic E-state index is 6.19. The zero-order valence-electron chi connectivity index (χ0n) is 14.5. The van der Waals surface area contributed by atoms with Crippen LogP contribution in [0.5, 0.6) is 0 Å². The number of benzene rings is 3. The van der Waals surface area contributed by atoms with Crippen molar-refractivity contribution in [2.45, 2.75) is 25.7 Å². The maximum Gasteiger partial charge on any atom is 0.0931 e. The lowest BCUT2D eigenvalue weighted by Gasteiger charge is -2.26. The number of hydrogen-bond donors (Lipinski definition) is 1. The van der Waals surface area contributed by atoms with Crippen LogP contribution in [0.15, 0.2) is 54.6 Å². The van der Waals surface area contributed by atoms with Crippen LogP contribution in [0, 0.1) is 5.92 Å². The lowest BCUT2D eigenvalue weighted by atomic mass is 9.79. The molecule has 1 aliphatic carbocycles. The van der Waals surface area contributed by atoms with Crippen molar-refractivity contribution in [3.05, 3.63) is 74.9 Å². The largest absolute Gasteiger partial charge is 0.398 e. The van der Waals surface area contributed by atoms with E-state index in [1.54, 1.807) is 11.3 Å². The van der Waals surface area contributed by atoms with E-state index in [0.717, 1.165) is 28.3 Å². The predicted molar refractivity (Wildman–Crippen MR) is 114 cm³/mol. The fourth-order valence-electron chi connectivity index (χ4n) is 4.45. The molecule has 1 atom stereocenters. The first-order chi connectivity index (χ1) is 12.7. The van der Waals surface area contributed by atoms with Crippen LogP contribution in [0.3, 0.4) is 0 Å². The average Bonchev–Trinajstić information content (AvgIpc) is 3.06. The minimum absolute atomic E-state index is 0.694. The molecule has 0 spiro atoms. The second-order valence-corrected chi connectivity index (χ2v) is 9.12. The van der Waals surface area contributed by atoms with Crippen LogP contribution in [0.4, 0.5) is 5.69 Å². The second kappa shape index (κ2) is 6.29. The van der Waals surface area contributed by atoms with Crippen LogP contribution in [-0.2, 0) is 19.3 Å². The predicted octanol–water partition coefficient (Wildman–Crippen LogP) is 6.64. The van der Waals surface area contributed by atoms with Gasteiger partial charge in [0.25, 0.3) is 0 Å². The van der Waals surface area contributed by atoms with Gasteiger partial charge in [-0.3, -0.25) is 0 Å². The van der Waals surface area contributed by atoms with Crippen molar-refractivity contribution in [2.24, 2.45) is 5.92 Å². The summed E-state index contributed by atoms with van der Waals surface area (Å²) in [6.07, 6.45) is 4.71. The van der Waals surface area contributed by atoms with Crippen LogP contribution in [-0.4, -0.2) is 0 Å². The first-order valence-electron chi connectivity index (χ1n) is 9.15. The van der Waals surface area contributed by atoms with E-state index in [2.05, 4.69) is 42.5 Å². The standard InChI is InChI=1S/C23H20ClNS/c24-23-11-7-16(26-23)12-14-4-5-15-6-8-18-17-2-1-3-22(25)20(17)10-9-19(18)21(15)13-14/h1-3,6-11,14H,4-5,12-13,25H2. The Bertz CT molecular complexity index is 1130. The first kappa shape index (κ1) is 16.2. The van der Waals surface area contributed by atoms with Gasteiger partial charge in [-0.1, -0.05) is 48.0 Å². The van der Waals surface area contributed by atoms with Crippen LogP contribution < -0.4 is 5.73 Å². The molecule has 1 nitrogen and oxygen atoms in total. The molecule has 0 aliphatic heterocycles. The number of thiophene rings is 1. The highest BCUT2D eigenvalue weighted by Crippen LogP contribution is 2.37. The highest BCUT2D eigenvalue weighted by Gasteiger charge is 2.22. The molecule has 3 aromatic carbocycles. The Morgan fingerprint density at radius 2 is 1.73 bits per heavy atom. The maximum absolute atomic E-state index is 6.19. The van der Waals surface area contributed by atoms with Crippen molar-refractivity contribution in [1.82, 2.24) is 0 Å². The molecule has 1 unspecified atom stereocenters. The first-order valence-corrected chi connectivity index (χ1v) is 10.3. The molecule has 1 heterocycles. The monoisotopic (exact) mass is 377 g/mol. The summed E-state index contributed by atoms with van der Waals surface area (Å²) in [6, 6.07) is 19.5. The Labute approximate surface area is 162 Å². The van der Waals surface area contributed by atoms with E-state index < -0.39 is 0 Å². The van der Waals surface area contributed by atoms with E-state index in [4.69, 9.17) is 17.3 Å². The summed E-state index contributed by atoms with van der Waals surface area (Å²) in [5, 5.41) is 5.14.